The minimum absolute atomic E-state index is 0.244. The molecule has 1 atom stereocenters. The highest BCUT2D eigenvalue weighted by Crippen LogP contribution is 2.37. The Bertz CT molecular complexity index is 1470. The van der Waals surface area contributed by atoms with E-state index in [-0.39, 0.29) is 16.8 Å². The fourth-order valence-corrected chi connectivity index (χ4v) is 6.11. The second-order valence-corrected chi connectivity index (χ2v) is 10.6. The number of rotatable bonds is 7. The monoisotopic (exact) mass is 498 g/mol. The summed E-state index contributed by atoms with van der Waals surface area (Å²) in [4.78, 5) is 13.2. The fourth-order valence-electron chi connectivity index (χ4n) is 4.39. The van der Waals surface area contributed by atoms with E-state index in [9.17, 15) is 13.2 Å². The maximum atomic E-state index is 13.3. The Kier molecular flexibility index (Phi) is 6.48. The highest BCUT2D eigenvalue weighted by Gasteiger charge is 2.36. The molecular weight excluding hydrogens is 472 g/mol. The molecule has 0 saturated heterocycles. The van der Waals surface area contributed by atoms with Gasteiger partial charge >= 0.3 is 0 Å². The van der Waals surface area contributed by atoms with Gasteiger partial charge in [0.15, 0.2) is 0 Å². The van der Waals surface area contributed by atoms with E-state index in [1.165, 1.54) is 4.31 Å². The second kappa shape index (κ2) is 9.87. The number of benzene rings is 4. The molecule has 0 aromatic heterocycles. The van der Waals surface area contributed by atoms with Crippen molar-refractivity contribution in [3.63, 3.8) is 0 Å². The van der Waals surface area contributed by atoms with Crippen molar-refractivity contribution in [2.75, 3.05) is 9.62 Å². The summed E-state index contributed by atoms with van der Waals surface area (Å²) in [6, 6.07) is 30.4. The minimum atomic E-state index is -3.69. The third kappa shape index (κ3) is 4.83. The Balaban J connectivity index is 1.27. The number of carbonyl (C=O) groups is 1. The summed E-state index contributed by atoms with van der Waals surface area (Å²) in [5, 5.41) is 2.90. The van der Waals surface area contributed by atoms with Gasteiger partial charge in [-0.2, -0.15) is 0 Å². The van der Waals surface area contributed by atoms with Crippen LogP contribution in [0, 0.1) is 0 Å². The molecule has 0 radical (unpaired) electrons. The molecule has 1 aliphatic rings. The number of sulfonamides is 1. The lowest BCUT2D eigenvalue weighted by Gasteiger charge is -2.24. The third-order valence-electron chi connectivity index (χ3n) is 6.16. The van der Waals surface area contributed by atoms with Gasteiger partial charge in [0.05, 0.1) is 10.6 Å². The summed E-state index contributed by atoms with van der Waals surface area (Å²) in [5.74, 6) is 0.455. The molecule has 5 rings (SSSR count). The summed E-state index contributed by atoms with van der Waals surface area (Å²) in [6.07, 6.45) is 0.538. The van der Waals surface area contributed by atoms with Crippen molar-refractivity contribution >= 4 is 27.3 Å². The van der Waals surface area contributed by atoms with Gasteiger partial charge in [0.25, 0.3) is 15.9 Å². The molecule has 0 fully saturated rings. The van der Waals surface area contributed by atoms with Crippen LogP contribution in [0.15, 0.2) is 108 Å². The fraction of sp³-hybridized carbons (Fsp3) is 0.138. The first-order chi connectivity index (χ1) is 17.4. The van der Waals surface area contributed by atoms with Crippen LogP contribution in [0.25, 0.3) is 0 Å². The van der Waals surface area contributed by atoms with E-state index in [2.05, 4.69) is 5.32 Å². The lowest BCUT2D eigenvalue weighted by Crippen LogP contribution is -2.35. The van der Waals surface area contributed by atoms with Crippen molar-refractivity contribution in [1.82, 2.24) is 0 Å². The van der Waals surface area contributed by atoms with Gasteiger partial charge < -0.3 is 10.1 Å². The van der Waals surface area contributed by atoms with Crippen LogP contribution in [0.4, 0.5) is 11.4 Å². The largest absolute Gasteiger partial charge is 0.489 e. The van der Waals surface area contributed by atoms with Crippen LogP contribution in [-0.4, -0.2) is 20.4 Å². The Morgan fingerprint density at radius 1 is 0.917 bits per heavy atom. The molecular formula is C29H26N2O4S. The van der Waals surface area contributed by atoms with Crippen LogP contribution in [-0.2, 0) is 23.1 Å². The van der Waals surface area contributed by atoms with E-state index in [4.69, 9.17) is 4.74 Å². The van der Waals surface area contributed by atoms with Crippen molar-refractivity contribution < 1.29 is 17.9 Å². The number of hydrogen-bond donors (Lipinski definition) is 1. The number of amides is 1. The summed E-state index contributed by atoms with van der Waals surface area (Å²) in [7, 11) is -3.69. The van der Waals surface area contributed by atoms with Crippen molar-refractivity contribution in [3.8, 4) is 5.75 Å². The molecule has 1 amide bonds. The molecule has 6 nitrogen and oxygen atoms in total. The van der Waals surface area contributed by atoms with Crippen molar-refractivity contribution in [1.29, 1.82) is 0 Å². The smallest absolute Gasteiger partial charge is 0.264 e. The van der Waals surface area contributed by atoms with Gasteiger partial charge in [0.2, 0.25) is 0 Å². The first-order valence-corrected chi connectivity index (χ1v) is 13.2. The number of anilines is 2. The average molecular weight is 499 g/mol. The van der Waals surface area contributed by atoms with Crippen LogP contribution in [0.2, 0.25) is 0 Å². The SMILES string of the molecule is C[C@@H]1Cc2cc(C(=O)Nc3ccc(OCc4ccccc4)cc3)ccc2N1S(=O)(=O)c1ccccc1. The molecule has 7 heteroatoms. The first kappa shape index (κ1) is 23.6. The van der Waals surface area contributed by atoms with Crippen molar-refractivity contribution in [3.05, 3.63) is 120 Å². The van der Waals surface area contributed by atoms with Crippen LogP contribution in [0.5, 0.6) is 5.75 Å². The highest BCUT2D eigenvalue weighted by atomic mass is 32.2. The summed E-state index contributed by atoms with van der Waals surface area (Å²) < 4.78 is 33.8. The average Bonchev–Trinajstić information content (AvgIpc) is 3.25. The molecule has 4 aromatic carbocycles. The van der Waals surface area contributed by atoms with Gasteiger partial charge in [-0.3, -0.25) is 9.10 Å². The van der Waals surface area contributed by atoms with E-state index in [0.717, 1.165) is 11.1 Å². The van der Waals surface area contributed by atoms with Gasteiger partial charge in [-0.1, -0.05) is 48.5 Å². The van der Waals surface area contributed by atoms with Crippen LogP contribution in [0.3, 0.4) is 0 Å². The molecule has 1 N–H and O–H groups in total. The normalized spacial score (nSPS) is 14.8. The maximum absolute atomic E-state index is 13.3. The lowest BCUT2D eigenvalue weighted by atomic mass is 10.1. The third-order valence-corrected chi connectivity index (χ3v) is 8.10. The van der Waals surface area contributed by atoms with E-state index in [0.29, 0.717) is 35.7 Å². The highest BCUT2D eigenvalue weighted by molar-refractivity contribution is 7.92. The summed E-state index contributed by atoms with van der Waals surface area (Å²) in [6.45, 7) is 2.35. The zero-order chi connectivity index (χ0) is 25.1. The molecule has 1 heterocycles. The van der Waals surface area contributed by atoms with E-state index in [1.807, 2.05) is 49.4 Å². The Labute approximate surface area is 211 Å². The minimum Gasteiger partial charge on any atom is -0.489 e. The quantitative estimate of drug-likeness (QED) is 0.357. The van der Waals surface area contributed by atoms with Crippen LogP contribution < -0.4 is 14.4 Å². The van der Waals surface area contributed by atoms with Crippen LogP contribution >= 0.6 is 0 Å². The zero-order valence-electron chi connectivity index (χ0n) is 19.8. The number of nitrogens with one attached hydrogen (secondary N) is 1. The van der Waals surface area contributed by atoms with E-state index in [1.54, 1.807) is 60.7 Å². The lowest BCUT2D eigenvalue weighted by molar-refractivity contribution is 0.102. The molecule has 4 aromatic rings. The van der Waals surface area contributed by atoms with E-state index >= 15 is 0 Å². The molecule has 0 unspecified atom stereocenters. The van der Waals surface area contributed by atoms with E-state index < -0.39 is 10.0 Å². The standard InChI is InChI=1S/C29H26N2O4S/c1-21-18-24-19-23(12-17-28(24)31(21)36(33,34)27-10-6-3-7-11-27)29(32)30-25-13-15-26(16-14-25)35-20-22-8-4-2-5-9-22/h2-17,19,21H,18,20H2,1H3,(H,30,32)/t21-/m1/s1. The van der Waals surface area contributed by atoms with Gasteiger partial charge in [-0.05, 0) is 79.1 Å². The van der Waals surface area contributed by atoms with Crippen LogP contribution in [0.1, 0.15) is 28.4 Å². The molecule has 0 saturated carbocycles. The molecule has 36 heavy (non-hydrogen) atoms. The first-order valence-electron chi connectivity index (χ1n) is 11.7. The Hall–Kier alpha value is -4.10. The maximum Gasteiger partial charge on any atom is 0.264 e. The van der Waals surface area contributed by atoms with Crippen molar-refractivity contribution in [2.24, 2.45) is 0 Å². The summed E-state index contributed by atoms with van der Waals surface area (Å²) >= 11 is 0. The molecule has 0 aliphatic carbocycles. The zero-order valence-corrected chi connectivity index (χ0v) is 20.6. The number of carbonyl (C=O) groups excluding carboxylic acids is 1. The predicted molar refractivity (Wildman–Crippen MR) is 141 cm³/mol. The van der Waals surface area contributed by atoms with Gasteiger partial charge in [-0.15, -0.1) is 0 Å². The molecule has 0 spiro atoms. The molecule has 0 bridgehead atoms. The van der Waals surface area contributed by atoms with Gasteiger partial charge in [0.1, 0.15) is 12.4 Å². The number of hydrogen-bond acceptors (Lipinski definition) is 4. The number of ether oxygens (including phenoxy) is 1. The summed E-state index contributed by atoms with van der Waals surface area (Å²) in [5.41, 5.74) is 3.65. The van der Waals surface area contributed by atoms with Gasteiger partial charge in [0, 0.05) is 17.3 Å². The Morgan fingerprint density at radius 2 is 1.58 bits per heavy atom. The van der Waals surface area contributed by atoms with Gasteiger partial charge in [-0.25, -0.2) is 8.42 Å². The topological polar surface area (TPSA) is 75.7 Å². The van der Waals surface area contributed by atoms with Crippen molar-refractivity contribution in [2.45, 2.75) is 30.9 Å². The predicted octanol–water partition coefficient (Wildman–Crippen LogP) is 5.66. The Morgan fingerprint density at radius 3 is 2.28 bits per heavy atom. The number of nitrogens with zero attached hydrogens (tertiary/aromatic N) is 1. The molecule has 182 valence electrons. The number of fused-ring (bicyclic) bond motifs is 1. The second-order valence-electron chi connectivity index (χ2n) is 8.76. The molecule has 1 aliphatic heterocycles.